The molecule has 26 heavy (non-hydrogen) atoms. The zero-order valence-electron chi connectivity index (χ0n) is 14.8. The lowest BCUT2D eigenvalue weighted by Crippen LogP contribution is -2.06. The maximum atomic E-state index is 12.2. The normalized spacial score (nSPS) is 10.6. The van der Waals surface area contributed by atoms with Crippen molar-refractivity contribution in [2.45, 2.75) is 13.5 Å². The number of rotatable bonds is 7. The molecule has 0 aliphatic carbocycles. The van der Waals surface area contributed by atoms with Crippen molar-refractivity contribution in [2.24, 2.45) is 7.05 Å². The first-order chi connectivity index (χ1) is 12.6. The van der Waals surface area contributed by atoms with Gasteiger partial charge in [0.2, 0.25) is 0 Å². The predicted molar refractivity (Wildman–Crippen MR) is 97.6 cm³/mol. The van der Waals surface area contributed by atoms with Crippen LogP contribution in [0.4, 0.5) is 0 Å². The van der Waals surface area contributed by atoms with Gasteiger partial charge in [0.15, 0.2) is 17.2 Å². The maximum absolute atomic E-state index is 12.2. The topological polar surface area (TPSA) is 75.5 Å². The van der Waals surface area contributed by atoms with Gasteiger partial charge in [-0.05, 0) is 24.6 Å². The van der Waals surface area contributed by atoms with Crippen molar-refractivity contribution in [3.63, 3.8) is 0 Å². The van der Waals surface area contributed by atoms with Gasteiger partial charge in [0.25, 0.3) is 0 Å². The number of methoxy groups -OCH3 is 1. The predicted octanol–water partition coefficient (Wildman–Crippen LogP) is 3.31. The molecule has 1 aromatic carbocycles. The molecule has 3 aromatic rings. The number of hydrogen-bond donors (Lipinski definition) is 0. The van der Waals surface area contributed by atoms with E-state index in [0.717, 1.165) is 16.1 Å². The Morgan fingerprint density at radius 3 is 2.85 bits per heavy atom. The molecule has 0 saturated heterocycles. The molecule has 0 fully saturated rings. The first kappa shape index (κ1) is 17.9. The van der Waals surface area contributed by atoms with Gasteiger partial charge in [-0.25, -0.2) is 9.78 Å². The van der Waals surface area contributed by atoms with E-state index in [0.29, 0.717) is 18.1 Å². The number of aryl methyl sites for hydroxylation is 1. The van der Waals surface area contributed by atoms with E-state index in [1.165, 1.54) is 11.3 Å². The first-order valence-corrected chi connectivity index (χ1v) is 8.90. The van der Waals surface area contributed by atoms with Crippen LogP contribution in [0, 0.1) is 0 Å². The highest BCUT2D eigenvalue weighted by atomic mass is 32.1. The van der Waals surface area contributed by atoms with Gasteiger partial charge in [-0.15, -0.1) is 11.3 Å². The van der Waals surface area contributed by atoms with Gasteiger partial charge in [0, 0.05) is 24.2 Å². The van der Waals surface area contributed by atoms with E-state index in [1.807, 2.05) is 26.2 Å². The molecule has 0 amide bonds. The minimum Gasteiger partial charge on any atom is -0.493 e. The number of thiazole rings is 1. The molecular weight excluding hydrogens is 354 g/mol. The number of aromatic nitrogens is 3. The van der Waals surface area contributed by atoms with Crippen LogP contribution in [0.3, 0.4) is 0 Å². The lowest BCUT2D eigenvalue weighted by atomic mass is 10.2. The quantitative estimate of drug-likeness (QED) is 0.592. The highest BCUT2D eigenvalue weighted by Crippen LogP contribution is 2.28. The largest absolute Gasteiger partial charge is 0.493 e. The Hall–Kier alpha value is -2.87. The van der Waals surface area contributed by atoms with Crippen LogP contribution in [-0.4, -0.2) is 34.5 Å². The first-order valence-electron chi connectivity index (χ1n) is 8.02. The number of benzene rings is 1. The Labute approximate surface area is 155 Å². The van der Waals surface area contributed by atoms with E-state index in [2.05, 4.69) is 10.1 Å². The lowest BCUT2D eigenvalue weighted by Gasteiger charge is -2.11. The summed E-state index contributed by atoms with van der Waals surface area (Å²) in [6.07, 6.45) is 3.56. The number of carbonyl (C=O) groups excluding carboxylic acids is 1. The van der Waals surface area contributed by atoms with Crippen molar-refractivity contribution < 1.29 is 19.0 Å². The lowest BCUT2D eigenvalue weighted by molar-refractivity contribution is 0.0466. The molecule has 7 nitrogen and oxygen atoms in total. The van der Waals surface area contributed by atoms with Crippen LogP contribution in [0.5, 0.6) is 11.5 Å². The summed E-state index contributed by atoms with van der Waals surface area (Å²) in [7, 11) is 3.40. The van der Waals surface area contributed by atoms with Crippen LogP contribution < -0.4 is 9.47 Å². The van der Waals surface area contributed by atoms with Gasteiger partial charge in [-0.3, -0.25) is 4.68 Å². The van der Waals surface area contributed by atoms with Crippen molar-refractivity contribution in [3.8, 4) is 22.1 Å². The zero-order valence-corrected chi connectivity index (χ0v) is 15.6. The summed E-state index contributed by atoms with van der Waals surface area (Å²) in [6, 6.07) is 5.43. The fourth-order valence-corrected chi connectivity index (χ4v) is 3.10. The average Bonchev–Trinajstić information content (AvgIpc) is 3.29. The highest BCUT2D eigenvalue weighted by molar-refractivity contribution is 7.13. The summed E-state index contributed by atoms with van der Waals surface area (Å²) < 4.78 is 17.8. The van der Waals surface area contributed by atoms with E-state index < -0.39 is 5.97 Å². The number of ether oxygens (including phenoxy) is 3. The summed E-state index contributed by atoms with van der Waals surface area (Å²) in [5, 5.41) is 6.52. The molecule has 2 aromatic heterocycles. The third kappa shape index (κ3) is 4.02. The Balaban J connectivity index is 1.65. The molecule has 3 rings (SSSR count). The number of esters is 1. The van der Waals surface area contributed by atoms with Crippen molar-refractivity contribution in [2.75, 3.05) is 13.7 Å². The van der Waals surface area contributed by atoms with Crippen LogP contribution in [0.15, 0.2) is 36.0 Å². The molecule has 0 spiro atoms. The second-order valence-corrected chi connectivity index (χ2v) is 6.29. The molecule has 0 atom stereocenters. The third-order valence-electron chi connectivity index (χ3n) is 3.56. The smallest absolute Gasteiger partial charge is 0.358 e. The Morgan fingerprint density at radius 1 is 1.31 bits per heavy atom. The summed E-state index contributed by atoms with van der Waals surface area (Å²) in [5.41, 5.74) is 1.96. The van der Waals surface area contributed by atoms with E-state index in [4.69, 9.17) is 14.2 Å². The van der Waals surface area contributed by atoms with Crippen LogP contribution in [0.25, 0.3) is 10.6 Å². The van der Waals surface area contributed by atoms with Crippen LogP contribution in [-0.2, 0) is 18.4 Å². The number of nitrogens with zero attached hydrogens (tertiary/aromatic N) is 3. The summed E-state index contributed by atoms with van der Waals surface area (Å²) in [4.78, 5) is 16.6. The molecule has 0 N–H and O–H groups in total. The minimum atomic E-state index is -0.468. The second kappa shape index (κ2) is 8.01. The summed E-state index contributed by atoms with van der Waals surface area (Å²) >= 11 is 1.38. The molecule has 0 saturated carbocycles. The van der Waals surface area contributed by atoms with Crippen LogP contribution in [0.1, 0.15) is 23.0 Å². The fourth-order valence-electron chi connectivity index (χ4n) is 2.33. The minimum absolute atomic E-state index is 0.126. The summed E-state index contributed by atoms with van der Waals surface area (Å²) in [6.45, 7) is 2.58. The second-order valence-electron chi connectivity index (χ2n) is 5.43. The molecule has 0 bridgehead atoms. The van der Waals surface area contributed by atoms with Crippen LogP contribution in [0.2, 0.25) is 0 Å². The molecular formula is C18H19N3O4S. The van der Waals surface area contributed by atoms with Crippen molar-refractivity contribution in [1.29, 1.82) is 0 Å². The molecule has 0 radical (unpaired) electrons. The van der Waals surface area contributed by atoms with Gasteiger partial charge >= 0.3 is 5.97 Å². The monoisotopic (exact) mass is 373 g/mol. The number of carbonyl (C=O) groups is 1. The van der Waals surface area contributed by atoms with E-state index in [9.17, 15) is 4.79 Å². The van der Waals surface area contributed by atoms with Gasteiger partial charge in [0.05, 0.1) is 19.9 Å². The van der Waals surface area contributed by atoms with E-state index in [-0.39, 0.29) is 12.3 Å². The van der Waals surface area contributed by atoms with Crippen molar-refractivity contribution in [3.05, 3.63) is 47.2 Å². The van der Waals surface area contributed by atoms with Gasteiger partial charge < -0.3 is 14.2 Å². The molecule has 136 valence electrons. The fraction of sp³-hybridized carbons (Fsp3) is 0.278. The third-order valence-corrected chi connectivity index (χ3v) is 4.45. The number of hydrogen-bond acceptors (Lipinski definition) is 7. The van der Waals surface area contributed by atoms with Gasteiger partial charge in [0.1, 0.15) is 11.6 Å². The Bertz CT molecular complexity index is 903. The maximum Gasteiger partial charge on any atom is 0.358 e. The van der Waals surface area contributed by atoms with Gasteiger partial charge in [-0.1, -0.05) is 6.07 Å². The molecule has 0 aliphatic rings. The molecule has 2 heterocycles. The molecule has 8 heteroatoms. The Kier molecular flexibility index (Phi) is 5.52. The van der Waals surface area contributed by atoms with Crippen molar-refractivity contribution >= 4 is 17.3 Å². The van der Waals surface area contributed by atoms with Crippen molar-refractivity contribution in [1.82, 2.24) is 14.8 Å². The Morgan fingerprint density at radius 2 is 2.15 bits per heavy atom. The standard InChI is InChI=1S/C18H19N3O4S/c1-4-24-15-6-5-12(7-16(15)23-3)10-25-18(22)14-11-26-17(20-14)13-8-19-21(2)9-13/h5-9,11H,4,10H2,1-3H3. The molecule has 0 unspecified atom stereocenters. The SMILES string of the molecule is CCOc1ccc(COC(=O)c2csc(-c3cnn(C)c3)n2)cc1OC. The van der Waals surface area contributed by atoms with Crippen LogP contribution >= 0.6 is 11.3 Å². The zero-order chi connectivity index (χ0) is 18.5. The summed E-state index contributed by atoms with van der Waals surface area (Å²) in [5.74, 6) is 0.794. The van der Waals surface area contributed by atoms with E-state index >= 15 is 0 Å². The van der Waals surface area contributed by atoms with Gasteiger partial charge in [-0.2, -0.15) is 5.10 Å². The highest BCUT2D eigenvalue weighted by Gasteiger charge is 2.15. The molecule has 0 aliphatic heterocycles. The van der Waals surface area contributed by atoms with E-state index in [1.54, 1.807) is 35.5 Å². The average molecular weight is 373 g/mol.